The van der Waals surface area contributed by atoms with E-state index in [0.29, 0.717) is 23.0 Å². The maximum absolute atomic E-state index is 11.8. The van der Waals surface area contributed by atoms with Gasteiger partial charge in [0.2, 0.25) is 5.91 Å². The molecule has 0 aliphatic rings. The minimum absolute atomic E-state index is 0.0277. The van der Waals surface area contributed by atoms with Crippen LogP contribution in [0.4, 0.5) is 0 Å². The van der Waals surface area contributed by atoms with Crippen molar-refractivity contribution in [3.8, 4) is 0 Å². The average Bonchev–Trinajstić information content (AvgIpc) is 2.41. The molecule has 0 saturated carbocycles. The van der Waals surface area contributed by atoms with Crippen molar-refractivity contribution in [1.82, 2.24) is 5.32 Å². The Balaban J connectivity index is 1.80. The van der Waals surface area contributed by atoms with Crippen molar-refractivity contribution >= 4 is 29.1 Å². The van der Waals surface area contributed by atoms with Gasteiger partial charge in [0.15, 0.2) is 0 Å². The second-order valence-electron chi connectivity index (χ2n) is 4.50. The molecule has 20 heavy (non-hydrogen) atoms. The highest BCUT2D eigenvalue weighted by Gasteiger charge is 2.06. The predicted molar refractivity (Wildman–Crippen MR) is 83.3 cm³/mol. The van der Waals surface area contributed by atoms with Gasteiger partial charge in [-0.15, -0.1) is 0 Å². The molecule has 1 amide bonds. The molecule has 4 heteroatoms. The SMILES string of the molecule is O=C(Cc1ccccc1Cl)NCCc1cccc(Cl)c1. The van der Waals surface area contributed by atoms with Crippen LogP contribution in [0.25, 0.3) is 0 Å². The van der Waals surface area contributed by atoms with Crippen LogP contribution in [0.3, 0.4) is 0 Å². The van der Waals surface area contributed by atoms with Gasteiger partial charge in [-0.25, -0.2) is 0 Å². The lowest BCUT2D eigenvalue weighted by molar-refractivity contribution is -0.120. The zero-order chi connectivity index (χ0) is 14.4. The van der Waals surface area contributed by atoms with E-state index < -0.39 is 0 Å². The third kappa shape index (κ3) is 4.55. The van der Waals surface area contributed by atoms with Crippen molar-refractivity contribution in [2.45, 2.75) is 12.8 Å². The topological polar surface area (TPSA) is 29.1 Å². The molecular formula is C16H15Cl2NO. The number of benzene rings is 2. The molecule has 0 aliphatic heterocycles. The number of carbonyl (C=O) groups excluding carboxylic acids is 1. The molecule has 104 valence electrons. The van der Waals surface area contributed by atoms with E-state index in [2.05, 4.69) is 5.32 Å². The zero-order valence-corrected chi connectivity index (χ0v) is 12.4. The smallest absolute Gasteiger partial charge is 0.224 e. The van der Waals surface area contributed by atoms with Gasteiger partial charge >= 0.3 is 0 Å². The van der Waals surface area contributed by atoms with Crippen molar-refractivity contribution in [3.63, 3.8) is 0 Å². The standard InChI is InChI=1S/C16H15Cl2NO/c17-14-6-3-4-12(10-14)8-9-19-16(20)11-13-5-1-2-7-15(13)18/h1-7,10H,8-9,11H2,(H,19,20). The van der Waals surface area contributed by atoms with Crippen LogP contribution < -0.4 is 5.32 Å². The molecule has 2 aromatic rings. The Labute approximate surface area is 128 Å². The summed E-state index contributed by atoms with van der Waals surface area (Å²) in [5.74, 6) is -0.0277. The van der Waals surface area contributed by atoms with E-state index in [0.717, 1.165) is 17.5 Å². The summed E-state index contributed by atoms with van der Waals surface area (Å²) < 4.78 is 0. The summed E-state index contributed by atoms with van der Waals surface area (Å²) >= 11 is 11.9. The highest BCUT2D eigenvalue weighted by molar-refractivity contribution is 6.31. The van der Waals surface area contributed by atoms with Gasteiger partial charge in [-0.05, 0) is 35.7 Å². The number of halogens is 2. The first-order valence-corrected chi connectivity index (χ1v) is 7.15. The van der Waals surface area contributed by atoms with Gasteiger partial charge < -0.3 is 5.32 Å². The summed E-state index contributed by atoms with van der Waals surface area (Å²) in [6, 6.07) is 15.0. The van der Waals surface area contributed by atoms with E-state index in [1.165, 1.54) is 0 Å². The average molecular weight is 308 g/mol. The minimum Gasteiger partial charge on any atom is -0.355 e. The van der Waals surface area contributed by atoms with E-state index >= 15 is 0 Å². The number of amides is 1. The van der Waals surface area contributed by atoms with Crippen LogP contribution in [0.15, 0.2) is 48.5 Å². The Morgan fingerprint density at radius 3 is 2.60 bits per heavy atom. The third-order valence-corrected chi connectivity index (χ3v) is 3.54. The number of hydrogen-bond donors (Lipinski definition) is 1. The molecule has 0 aromatic heterocycles. The van der Waals surface area contributed by atoms with Crippen LogP contribution in [-0.2, 0) is 17.6 Å². The fourth-order valence-corrected chi connectivity index (χ4v) is 2.33. The van der Waals surface area contributed by atoms with Crippen LogP contribution in [0.1, 0.15) is 11.1 Å². The Bertz CT molecular complexity index is 599. The Morgan fingerprint density at radius 2 is 1.85 bits per heavy atom. The molecule has 0 aliphatic carbocycles. The monoisotopic (exact) mass is 307 g/mol. The van der Waals surface area contributed by atoms with E-state index in [1.54, 1.807) is 6.07 Å². The summed E-state index contributed by atoms with van der Waals surface area (Å²) in [7, 11) is 0. The van der Waals surface area contributed by atoms with Gasteiger partial charge in [-0.1, -0.05) is 53.5 Å². The molecule has 0 radical (unpaired) electrons. The molecule has 0 fully saturated rings. The van der Waals surface area contributed by atoms with Crippen molar-refractivity contribution < 1.29 is 4.79 Å². The quantitative estimate of drug-likeness (QED) is 0.892. The molecule has 2 aromatic carbocycles. The lowest BCUT2D eigenvalue weighted by atomic mass is 10.1. The Morgan fingerprint density at radius 1 is 1.05 bits per heavy atom. The van der Waals surface area contributed by atoms with Crippen LogP contribution in [0.2, 0.25) is 10.0 Å². The Hall–Kier alpha value is -1.51. The van der Waals surface area contributed by atoms with E-state index in [-0.39, 0.29) is 5.91 Å². The molecule has 0 heterocycles. The van der Waals surface area contributed by atoms with Crippen LogP contribution in [0.5, 0.6) is 0 Å². The maximum atomic E-state index is 11.8. The zero-order valence-electron chi connectivity index (χ0n) is 10.9. The summed E-state index contributed by atoms with van der Waals surface area (Å²) in [5, 5.41) is 4.22. The fraction of sp³-hybridized carbons (Fsp3) is 0.188. The van der Waals surface area contributed by atoms with E-state index in [1.807, 2.05) is 42.5 Å². The van der Waals surface area contributed by atoms with Crippen molar-refractivity contribution in [2.75, 3.05) is 6.54 Å². The molecule has 1 N–H and O–H groups in total. The predicted octanol–water partition coefficient (Wildman–Crippen LogP) is 3.89. The lowest BCUT2D eigenvalue weighted by Gasteiger charge is -2.07. The van der Waals surface area contributed by atoms with Crippen LogP contribution in [-0.4, -0.2) is 12.5 Å². The summed E-state index contributed by atoms with van der Waals surface area (Å²) in [5.41, 5.74) is 1.95. The van der Waals surface area contributed by atoms with E-state index in [9.17, 15) is 4.79 Å². The van der Waals surface area contributed by atoms with Gasteiger partial charge in [0.1, 0.15) is 0 Å². The maximum Gasteiger partial charge on any atom is 0.224 e. The first-order valence-electron chi connectivity index (χ1n) is 6.40. The number of nitrogens with one attached hydrogen (secondary N) is 1. The molecule has 0 atom stereocenters. The van der Waals surface area contributed by atoms with Gasteiger partial charge in [0.25, 0.3) is 0 Å². The fourth-order valence-electron chi connectivity index (χ4n) is 1.92. The summed E-state index contributed by atoms with van der Waals surface area (Å²) in [6.45, 7) is 0.587. The molecule has 2 rings (SSSR count). The first kappa shape index (κ1) is 14.9. The van der Waals surface area contributed by atoms with Crippen molar-refractivity contribution in [2.24, 2.45) is 0 Å². The molecular weight excluding hydrogens is 293 g/mol. The highest BCUT2D eigenvalue weighted by atomic mass is 35.5. The molecule has 0 bridgehead atoms. The van der Waals surface area contributed by atoms with Crippen molar-refractivity contribution in [1.29, 1.82) is 0 Å². The van der Waals surface area contributed by atoms with Gasteiger partial charge in [-0.3, -0.25) is 4.79 Å². The van der Waals surface area contributed by atoms with Crippen LogP contribution in [0, 0.1) is 0 Å². The second kappa shape index (κ2) is 7.32. The first-order chi connectivity index (χ1) is 9.65. The second-order valence-corrected chi connectivity index (χ2v) is 5.34. The Kier molecular flexibility index (Phi) is 5.45. The molecule has 2 nitrogen and oxygen atoms in total. The van der Waals surface area contributed by atoms with Gasteiger partial charge in [0.05, 0.1) is 6.42 Å². The largest absolute Gasteiger partial charge is 0.355 e. The lowest BCUT2D eigenvalue weighted by Crippen LogP contribution is -2.27. The van der Waals surface area contributed by atoms with Crippen LogP contribution >= 0.6 is 23.2 Å². The molecule has 0 spiro atoms. The minimum atomic E-state index is -0.0277. The normalized spacial score (nSPS) is 10.3. The van der Waals surface area contributed by atoms with Gasteiger partial charge in [0, 0.05) is 16.6 Å². The highest BCUT2D eigenvalue weighted by Crippen LogP contribution is 2.15. The number of carbonyl (C=O) groups is 1. The third-order valence-electron chi connectivity index (χ3n) is 2.93. The van der Waals surface area contributed by atoms with Gasteiger partial charge in [-0.2, -0.15) is 0 Å². The van der Waals surface area contributed by atoms with E-state index in [4.69, 9.17) is 23.2 Å². The molecule has 0 unspecified atom stereocenters. The summed E-state index contributed by atoms with van der Waals surface area (Å²) in [4.78, 5) is 11.8. The number of hydrogen-bond acceptors (Lipinski definition) is 1. The number of rotatable bonds is 5. The molecule has 0 saturated heterocycles. The van der Waals surface area contributed by atoms with Crippen molar-refractivity contribution in [3.05, 3.63) is 69.7 Å². The summed E-state index contributed by atoms with van der Waals surface area (Å²) in [6.07, 6.45) is 1.06.